The molecule has 9 nitrogen and oxygen atoms in total. The molecule has 0 atom stereocenters. The molecule has 0 unspecified atom stereocenters. The summed E-state index contributed by atoms with van der Waals surface area (Å²) in [4.78, 5) is 43.6. The zero-order valence-corrected chi connectivity index (χ0v) is 22.7. The molecule has 0 N–H and O–H groups in total. The lowest BCUT2D eigenvalue weighted by atomic mass is 9.99. The first kappa shape index (κ1) is 27.8. The van der Waals surface area contributed by atoms with Crippen LogP contribution in [0, 0.1) is 17.5 Å². The maximum absolute atomic E-state index is 14.8. The van der Waals surface area contributed by atoms with Crippen LogP contribution in [0.2, 0.25) is 5.02 Å². The van der Waals surface area contributed by atoms with Crippen LogP contribution in [-0.2, 0) is 20.1 Å². The van der Waals surface area contributed by atoms with Gasteiger partial charge in [-0.2, -0.15) is 5.10 Å². The van der Waals surface area contributed by atoms with Crippen molar-refractivity contribution in [3.8, 4) is 16.9 Å². The van der Waals surface area contributed by atoms with Crippen LogP contribution in [0.5, 0.6) is 5.75 Å². The van der Waals surface area contributed by atoms with E-state index in [1.54, 1.807) is 19.2 Å². The molecule has 0 amide bonds. The van der Waals surface area contributed by atoms with E-state index >= 15 is 0 Å². The molecule has 210 valence electrons. The van der Waals surface area contributed by atoms with Crippen LogP contribution in [-0.4, -0.2) is 36.8 Å². The largest absolute Gasteiger partial charge is 0.496 e. The minimum atomic E-state index is -1.39. The predicted octanol–water partition coefficient (Wildman–Crippen LogP) is 4.34. The first-order valence-corrected chi connectivity index (χ1v) is 12.5. The fourth-order valence-corrected chi connectivity index (χ4v) is 4.75. The standard InChI is InChI=1S/C28H21ClF3N5O4/c1-14(38)15-4-5-19(29)18(6-15)16-8-23-26(24(9-16)41-3)27(39)37(12-25-33-13-35(2)34-25)28(40)36(23)11-17-7-21(31)22(32)10-20(17)30/h4-10,13H,11-12H2,1-3H3. The number of halogens is 4. The van der Waals surface area contributed by atoms with Crippen molar-refractivity contribution in [3.63, 3.8) is 0 Å². The van der Waals surface area contributed by atoms with Crippen LogP contribution in [0.4, 0.5) is 13.2 Å². The van der Waals surface area contributed by atoms with Gasteiger partial charge in [-0.3, -0.25) is 23.4 Å². The van der Waals surface area contributed by atoms with E-state index in [2.05, 4.69) is 10.1 Å². The van der Waals surface area contributed by atoms with Gasteiger partial charge in [0.2, 0.25) is 0 Å². The molecule has 0 radical (unpaired) electrons. The van der Waals surface area contributed by atoms with E-state index in [9.17, 15) is 27.6 Å². The van der Waals surface area contributed by atoms with Gasteiger partial charge in [0, 0.05) is 34.8 Å². The van der Waals surface area contributed by atoms with Crippen molar-refractivity contribution >= 4 is 28.3 Å². The lowest BCUT2D eigenvalue weighted by molar-refractivity contribution is 0.101. The number of hydrogen-bond donors (Lipinski definition) is 0. The van der Waals surface area contributed by atoms with E-state index in [0.29, 0.717) is 28.8 Å². The third-order valence-corrected chi connectivity index (χ3v) is 6.89. The molecule has 0 fully saturated rings. The number of ketones is 1. The Kier molecular flexibility index (Phi) is 7.26. The Balaban J connectivity index is 1.84. The number of ether oxygens (including phenoxy) is 1. The average molecular weight is 584 g/mol. The van der Waals surface area contributed by atoms with Crippen molar-refractivity contribution in [2.24, 2.45) is 7.05 Å². The summed E-state index contributed by atoms with van der Waals surface area (Å²) in [6, 6.07) is 8.65. The number of aromatic nitrogens is 5. The molecule has 2 heterocycles. The SMILES string of the molecule is COc1cc(-c2cc(C(C)=O)ccc2Cl)cc2c1c(=O)n(Cc1ncn(C)n1)c(=O)n2Cc1cc(F)c(F)cc1F. The van der Waals surface area contributed by atoms with Gasteiger partial charge < -0.3 is 4.74 Å². The Morgan fingerprint density at radius 2 is 1.71 bits per heavy atom. The van der Waals surface area contributed by atoms with Crippen LogP contribution in [0.3, 0.4) is 0 Å². The number of Topliss-reactive ketones (excluding diaryl/α,β-unsaturated/α-hetero) is 1. The first-order valence-electron chi connectivity index (χ1n) is 12.1. The monoisotopic (exact) mass is 583 g/mol. The van der Waals surface area contributed by atoms with Crippen molar-refractivity contribution in [2.75, 3.05) is 7.11 Å². The molecule has 0 saturated carbocycles. The number of aryl methyl sites for hydroxylation is 1. The van der Waals surface area contributed by atoms with E-state index in [1.807, 2.05) is 0 Å². The minimum absolute atomic E-state index is 0.00741. The van der Waals surface area contributed by atoms with Gasteiger partial charge in [0.25, 0.3) is 5.56 Å². The fourth-order valence-electron chi connectivity index (χ4n) is 4.53. The second-order valence-corrected chi connectivity index (χ2v) is 9.68. The zero-order valence-electron chi connectivity index (χ0n) is 21.9. The topological polar surface area (TPSA) is 101 Å². The summed E-state index contributed by atoms with van der Waals surface area (Å²) in [5, 5.41) is 4.34. The Morgan fingerprint density at radius 3 is 2.37 bits per heavy atom. The van der Waals surface area contributed by atoms with Crippen LogP contribution < -0.4 is 16.0 Å². The highest BCUT2D eigenvalue weighted by Crippen LogP contribution is 2.35. The molecular weight excluding hydrogens is 563 g/mol. The predicted molar refractivity (Wildman–Crippen MR) is 145 cm³/mol. The van der Waals surface area contributed by atoms with Crippen molar-refractivity contribution in [3.05, 3.63) is 109 Å². The summed E-state index contributed by atoms with van der Waals surface area (Å²) >= 11 is 6.46. The Bertz CT molecular complexity index is 1980. The molecule has 2 aromatic heterocycles. The maximum atomic E-state index is 14.8. The van der Waals surface area contributed by atoms with Gasteiger partial charge in [0.1, 0.15) is 23.3 Å². The van der Waals surface area contributed by atoms with Crippen molar-refractivity contribution < 1.29 is 22.7 Å². The minimum Gasteiger partial charge on any atom is -0.496 e. The van der Waals surface area contributed by atoms with Gasteiger partial charge in [-0.1, -0.05) is 11.6 Å². The lowest BCUT2D eigenvalue weighted by Crippen LogP contribution is -2.41. The van der Waals surface area contributed by atoms with Gasteiger partial charge in [-0.25, -0.2) is 22.9 Å². The molecule has 3 aromatic carbocycles. The summed E-state index contributed by atoms with van der Waals surface area (Å²) in [5.74, 6) is -3.80. The van der Waals surface area contributed by atoms with E-state index in [4.69, 9.17) is 16.3 Å². The molecular formula is C28H21ClF3N5O4. The summed E-state index contributed by atoms with van der Waals surface area (Å²) in [6.07, 6.45) is 1.39. The number of rotatable bonds is 7. The van der Waals surface area contributed by atoms with Crippen molar-refractivity contribution in [2.45, 2.75) is 20.0 Å². The number of methoxy groups -OCH3 is 1. The van der Waals surface area contributed by atoms with Gasteiger partial charge in [-0.15, -0.1) is 0 Å². The molecule has 0 bridgehead atoms. The molecule has 0 aliphatic carbocycles. The molecule has 0 aliphatic heterocycles. The summed E-state index contributed by atoms with van der Waals surface area (Å²) in [6.45, 7) is 0.495. The highest BCUT2D eigenvalue weighted by atomic mass is 35.5. The third kappa shape index (κ3) is 5.13. The summed E-state index contributed by atoms with van der Waals surface area (Å²) in [5.41, 5.74) is -0.817. The number of hydrogen-bond acceptors (Lipinski definition) is 6. The fraction of sp³-hybridized carbons (Fsp3) is 0.179. The van der Waals surface area contributed by atoms with E-state index in [0.717, 1.165) is 9.13 Å². The molecule has 0 aliphatic rings. The van der Waals surface area contributed by atoms with Gasteiger partial charge >= 0.3 is 5.69 Å². The Hall–Kier alpha value is -4.71. The molecule has 0 spiro atoms. The quantitative estimate of drug-likeness (QED) is 0.209. The second kappa shape index (κ2) is 10.7. The number of benzene rings is 3. The van der Waals surface area contributed by atoms with Crippen LogP contribution in [0.1, 0.15) is 28.7 Å². The summed E-state index contributed by atoms with van der Waals surface area (Å²) < 4.78 is 51.3. The van der Waals surface area contributed by atoms with Gasteiger partial charge in [0.15, 0.2) is 23.2 Å². The molecule has 41 heavy (non-hydrogen) atoms. The van der Waals surface area contributed by atoms with Crippen LogP contribution >= 0.6 is 11.6 Å². The molecule has 5 rings (SSSR count). The van der Waals surface area contributed by atoms with E-state index in [-0.39, 0.29) is 45.4 Å². The van der Waals surface area contributed by atoms with Gasteiger partial charge in [0.05, 0.1) is 25.7 Å². The Labute approximate surface area is 235 Å². The first-order chi connectivity index (χ1) is 19.5. The molecule has 0 saturated heterocycles. The molecule has 13 heteroatoms. The third-order valence-electron chi connectivity index (χ3n) is 6.56. The maximum Gasteiger partial charge on any atom is 0.332 e. The highest BCUT2D eigenvalue weighted by Gasteiger charge is 2.22. The smallest absolute Gasteiger partial charge is 0.332 e. The lowest BCUT2D eigenvalue weighted by Gasteiger charge is -2.18. The van der Waals surface area contributed by atoms with Crippen molar-refractivity contribution in [1.82, 2.24) is 23.9 Å². The average Bonchev–Trinajstić information content (AvgIpc) is 3.35. The number of fused-ring (bicyclic) bond motifs is 1. The van der Waals surface area contributed by atoms with Crippen LogP contribution in [0.25, 0.3) is 22.0 Å². The molecule has 5 aromatic rings. The number of carbonyl (C=O) groups excluding carboxylic acids is 1. The van der Waals surface area contributed by atoms with E-state index < -0.39 is 35.2 Å². The zero-order chi connectivity index (χ0) is 29.6. The van der Waals surface area contributed by atoms with Crippen LogP contribution in [0.15, 0.2) is 58.4 Å². The number of nitrogens with zero attached hydrogens (tertiary/aromatic N) is 5. The van der Waals surface area contributed by atoms with Gasteiger partial charge in [-0.05, 0) is 48.9 Å². The summed E-state index contributed by atoms with van der Waals surface area (Å²) in [7, 11) is 2.93. The number of carbonyl (C=O) groups is 1. The van der Waals surface area contributed by atoms with E-state index in [1.165, 1.54) is 43.2 Å². The normalized spacial score (nSPS) is 11.3. The highest BCUT2D eigenvalue weighted by molar-refractivity contribution is 6.33. The van der Waals surface area contributed by atoms with Crippen molar-refractivity contribution in [1.29, 1.82) is 0 Å². The Morgan fingerprint density at radius 1 is 0.976 bits per heavy atom. The second-order valence-electron chi connectivity index (χ2n) is 9.28.